The third-order valence-corrected chi connectivity index (χ3v) is 4.46. The Balaban J connectivity index is 1.45. The number of carbonyl (C=O) groups is 1. The molecule has 2 fully saturated rings. The van der Waals surface area contributed by atoms with Crippen molar-refractivity contribution in [2.45, 2.75) is 37.6 Å². The van der Waals surface area contributed by atoms with E-state index in [4.69, 9.17) is 18.9 Å². The number of benzene rings is 2. The van der Waals surface area contributed by atoms with Gasteiger partial charge in [0.15, 0.2) is 12.4 Å². The Morgan fingerprint density at radius 3 is 2.52 bits per heavy atom. The van der Waals surface area contributed by atoms with E-state index in [9.17, 15) is 4.79 Å². The van der Waals surface area contributed by atoms with Gasteiger partial charge in [0.1, 0.15) is 6.10 Å². The molecule has 0 saturated carbocycles. The Kier molecular flexibility index (Phi) is 4.78. The molecule has 0 amide bonds. The summed E-state index contributed by atoms with van der Waals surface area (Å²) in [6.07, 6.45) is -0.741. The van der Waals surface area contributed by atoms with E-state index < -0.39 is 18.4 Å². The predicted octanol–water partition coefficient (Wildman–Crippen LogP) is 2.94. The summed E-state index contributed by atoms with van der Waals surface area (Å²) >= 11 is 0. The molecule has 2 saturated heterocycles. The first-order chi connectivity index (χ1) is 12.3. The van der Waals surface area contributed by atoms with Crippen LogP contribution in [0.1, 0.15) is 22.3 Å². The summed E-state index contributed by atoms with van der Waals surface area (Å²) in [6.45, 7) is 0.972. The van der Waals surface area contributed by atoms with Crippen LogP contribution in [0.2, 0.25) is 0 Å². The highest BCUT2D eigenvalue weighted by Crippen LogP contribution is 2.32. The monoisotopic (exact) mass is 340 g/mol. The van der Waals surface area contributed by atoms with Crippen LogP contribution in [0.15, 0.2) is 60.7 Å². The molecule has 2 aliphatic heterocycles. The van der Waals surface area contributed by atoms with Gasteiger partial charge in [-0.1, -0.05) is 48.5 Å². The van der Waals surface area contributed by atoms with E-state index in [1.165, 1.54) is 0 Å². The molecule has 0 spiro atoms. The Morgan fingerprint density at radius 1 is 1.04 bits per heavy atom. The number of hydrogen-bond acceptors (Lipinski definition) is 5. The molecule has 2 aromatic rings. The van der Waals surface area contributed by atoms with Crippen LogP contribution in [-0.4, -0.2) is 37.2 Å². The van der Waals surface area contributed by atoms with Crippen LogP contribution in [0.4, 0.5) is 0 Å². The van der Waals surface area contributed by atoms with Gasteiger partial charge in [0.2, 0.25) is 0 Å². The topological polar surface area (TPSA) is 54.0 Å². The molecule has 5 nitrogen and oxygen atoms in total. The molecule has 2 aromatic carbocycles. The lowest BCUT2D eigenvalue weighted by Gasteiger charge is -2.34. The van der Waals surface area contributed by atoms with Gasteiger partial charge in [0.25, 0.3) is 0 Å². The number of carbonyl (C=O) groups excluding carboxylic acids is 1. The van der Waals surface area contributed by atoms with Gasteiger partial charge in [-0.2, -0.15) is 0 Å². The third kappa shape index (κ3) is 3.74. The molecule has 2 heterocycles. The second-order valence-electron chi connectivity index (χ2n) is 6.27. The van der Waals surface area contributed by atoms with Gasteiger partial charge < -0.3 is 18.9 Å². The third-order valence-electron chi connectivity index (χ3n) is 4.46. The van der Waals surface area contributed by atoms with Crippen molar-refractivity contribution in [2.24, 2.45) is 0 Å². The van der Waals surface area contributed by atoms with E-state index in [0.29, 0.717) is 25.2 Å². The van der Waals surface area contributed by atoms with Crippen molar-refractivity contribution in [3.8, 4) is 0 Å². The SMILES string of the molecule is O=C(O[C@H]1[C@H]2OC[C@@H](C[C@@H]1OCc1ccccc1)O2)c1ccccc1. The molecule has 4 rings (SSSR count). The van der Waals surface area contributed by atoms with Crippen molar-refractivity contribution in [3.05, 3.63) is 71.8 Å². The standard InChI is InChI=1S/C20H20O5/c21-19(15-9-5-2-6-10-15)25-18-17(11-16-13-23-20(18)24-16)22-12-14-7-3-1-4-8-14/h1-10,16-18,20H,11-13H2/t16-,17+,18-,20+/m1/s1. The second kappa shape index (κ2) is 7.35. The Morgan fingerprint density at radius 2 is 1.76 bits per heavy atom. The smallest absolute Gasteiger partial charge is 0.338 e. The lowest BCUT2D eigenvalue weighted by molar-refractivity contribution is -0.207. The molecular weight excluding hydrogens is 320 g/mol. The van der Waals surface area contributed by atoms with Gasteiger partial charge in [-0.3, -0.25) is 0 Å². The molecular formula is C20H20O5. The maximum absolute atomic E-state index is 12.4. The molecule has 4 atom stereocenters. The van der Waals surface area contributed by atoms with Crippen molar-refractivity contribution in [1.29, 1.82) is 0 Å². The molecule has 2 aliphatic rings. The predicted molar refractivity (Wildman–Crippen MR) is 89.9 cm³/mol. The van der Waals surface area contributed by atoms with Crippen molar-refractivity contribution in [2.75, 3.05) is 6.61 Å². The Bertz CT molecular complexity index is 703. The van der Waals surface area contributed by atoms with E-state index in [1.54, 1.807) is 24.3 Å². The molecule has 0 radical (unpaired) electrons. The van der Waals surface area contributed by atoms with Crippen molar-refractivity contribution < 1.29 is 23.7 Å². The summed E-state index contributed by atoms with van der Waals surface area (Å²) in [4.78, 5) is 12.4. The van der Waals surface area contributed by atoms with Crippen LogP contribution in [0, 0.1) is 0 Å². The zero-order valence-electron chi connectivity index (χ0n) is 13.7. The lowest BCUT2D eigenvalue weighted by atomic mass is 10.0. The first-order valence-corrected chi connectivity index (χ1v) is 8.48. The van der Waals surface area contributed by atoms with E-state index in [0.717, 1.165) is 5.56 Å². The highest BCUT2D eigenvalue weighted by molar-refractivity contribution is 5.89. The second-order valence-corrected chi connectivity index (χ2v) is 6.27. The summed E-state index contributed by atoms with van der Waals surface area (Å²) in [7, 11) is 0. The minimum atomic E-state index is -0.574. The van der Waals surface area contributed by atoms with Crippen molar-refractivity contribution >= 4 is 5.97 Å². The van der Waals surface area contributed by atoms with E-state index in [-0.39, 0.29) is 12.2 Å². The fourth-order valence-electron chi connectivity index (χ4n) is 3.17. The molecule has 130 valence electrons. The maximum Gasteiger partial charge on any atom is 0.338 e. The van der Waals surface area contributed by atoms with Gasteiger partial charge in [0, 0.05) is 6.42 Å². The average Bonchev–Trinajstić information content (AvgIpc) is 3.07. The van der Waals surface area contributed by atoms with Crippen LogP contribution in [-0.2, 0) is 25.6 Å². The summed E-state index contributed by atoms with van der Waals surface area (Å²) in [5, 5.41) is 0. The van der Waals surface area contributed by atoms with Crippen LogP contribution >= 0.6 is 0 Å². The summed E-state index contributed by atoms with van der Waals surface area (Å²) in [5.74, 6) is -0.392. The number of fused-ring (bicyclic) bond motifs is 2. The minimum Gasteiger partial charge on any atom is -0.451 e. The molecule has 0 N–H and O–H groups in total. The molecule has 0 aromatic heterocycles. The average molecular weight is 340 g/mol. The van der Waals surface area contributed by atoms with E-state index in [2.05, 4.69) is 0 Å². The highest BCUT2D eigenvalue weighted by atomic mass is 16.8. The van der Waals surface area contributed by atoms with Crippen molar-refractivity contribution in [3.63, 3.8) is 0 Å². The Hall–Kier alpha value is -2.21. The number of rotatable bonds is 5. The molecule has 0 aliphatic carbocycles. The fraction of sp³-hybridized carbons (Fsp3) is 0.350. The zero-order valence-corrected chi connectivity index (χ0v) is 13.7. The van der Waals surface area contributed by atoms with E-state index in [1.807, 2.05) is 36.4 Å². The van der Waals surface area contributed by atoms with Gasteiger partial charge >= 0.3 is 5.97 Å². The summed E-state index contributed by atoms with van der Waals surface area (Å²) in [5.41, 5.74) is 1.58. The van der Waals surface area contributed by atoms with Crippen LogP contribution in [0.3, 0.4) is 0 Å². The number of esters is 1. The molecule has 25 heavy (non-hydrogen) atoms. The van der Waals surface area contributed by atoms with E-state index >= 15 is 0 Å². The first-order valence-electron chi connectivity index (χ1n) is 8.48. The minimum absolute atomic E-state index is 0.00236. The normalized spacial score (nSPS) is 27.8. The van der Waals surface area contributed by atoms with Crippen LogP contribution in [0.5, 0.6) is 0 Å². The van der Waals surface area contributed by atoms with Gasteiger partial charge in [0.05, 0.1) is 24.9 Å². The van der Waals surface area contributed by atoms with Crippen LogP contribution in [0.25, 0.3) is 0 Å². The maximum atomic E-state index is 12.4. The fourth-order valence-corrected chi connectivity index (χ4v) is 3.17. The summed E-state index contributed by atoms with van der Waals surface area (Å²) < 4.78 is 23.1. The quantitative estimate of drug-likeness (QED) is 0.784. The lowest BCUT2D eigenvalue weighted by Crippen LogP contribution is -2.48. The van der Waals surface area contributed by atoms with Gasteiger partial charge in [-0.15, -0.1) is 0 Å². The largest absolute Gasteiger partial charge is 0.451 e. The summed E-state index contributed by atoms with van der Waals surface area (Å²) in [6, 6.07) is 18.9. The van der Waals surface area contributed by atoms with Gasteiger partial charge in [-0.05, 0) is 17.7 Å². The molecule has 5 heteroatoms. The first kappa shape index (κ1) is 16.3. The highest BCUT2D eigenvalue weighted by Gasteiger charge is 2.47. The zero-order chi connectivity index (χ0) is 17.1. The Labute approximate surface area is 146 Å². The molecule has 2 bridgehead atoms. The van der Waals surface area contributed by atoms with Crippen LogP contribution < -0.4 is 0 Å². The van der Waals surface area contributed by atoms with Gasteiger partial charge in [-0.25, -0.2) is 4.79 Å². The molecule has 0 unspecified atom stereocenters. The number of hydrogen-bond donors (Lipinski definition) is 0. The van der Waals surface area contributed by atoms with Crippen molar-refractivity contribution in [1.82, 2.24) is 0 Å². The number of ether oxygens (including phenoxy) is 4.